The molecule has 3 aliphatic rings. The smallest absolute Gasteiger partial charge is 0.282 e. The summed E-state index contributed by atoms with van der Waals surface area (Å²) in [5, 5.41) is 14.2. The van der Waals surface area contributed by atoms with Crippen LogP contribution in [0.4, 0.5) is 5.13 Å². The van der Waals surface area contributed by atoms with Gasteiger partial charge in [0.15, 0.2) is 0 Å². The predicted octanol–water partition coefficient (Wildman–Crippen LogP) is 4.26. The number of fused-ring (bicyclic) bond motifs is 2. The van der Waals surface area contributed by atoms with E-state index >= 15 is 0 Å². The van der Waals surface area contributed by atoms with E-state index in [4.69, 9.17) is 14.5 Å². The first kappa shape index (κ1) is 29.0. The second-order valence-corrected chi connectivity index (χ2v) is 12.8. The summed E-state index contributed by atoms with van der Waals surface area (Å²) in [5.41, 5.74) is 2.56. The number of nitrogens with one attached hydrogen (secondary N) is 2. The Morgan fingerprint density at radius 1 is 0.956 bits per heavy atom. The topological polar surface area (TPSA) is 149 Å². The van der Waals surface area contributed by atoms with E-state index in [1.54, 1.807) is 23.2 Å². The van der Waals surface area contributed by atoms with E-state index in [0.29, 0.717) is 49.3 Å². The number of hydrogen-bond donors (Lipinski definition) is 2. The summed E-state index contributed by atoms with van der Waals surface area (Å²) in [6.45, 7) is 5.94. The number of morpholine rings is 1. The molecule has 1 atom stereocenters. The van der Waals surface area contributed by atoms with Crippen LogP contribution in [0.5, 0.6) is 11.8 Å². The third-order valence-corrected chi connectivity index (χ3v) is 9.13. The molecule has 2 fully saturated rings. The molecule has 12 nitrogen and oxygen atoms in total. The molecule has 0 bridgehead atoms. The number of hydrogen-bond acceptors (Lipinski definition) is 10. The lowest BCUT2D eigenvalue weighted by molar-refractivity contribution is -0.124. The lowest BCUT2D eigenvalue weighted by Gasteiger charge is -2.37. The van der Waals surface area contributed by atoms with Crippen molar-refractivity contribution >= 4 is 34.2 Å². The van der Waals surface area contributed by atoms with Gasteiger partial charge in [0, 0.05) is 53.5 Å². The van der Waals surface area contributed by atoms with Crippen molar-refractivity contribution < 1.29 is 23.9 Å². The van der Waals surface area contributed by atoms with Crippen molar-refractivity contribution in [2.24, 2.45) is 5.41 Å². The van der Waals surface area contributed by atoms with Gasteiger partial charge >= 0.3 is 0 Å². The zero-order valence-corrected chi connectivity index (χ0v) is 25.6. The summed E-state index contributed by atoms with van der Waals surface area (Å²) in [7, 11) is 0. The molecule has 1 saturated carbocycles. The Labute approximate surface area is 263 Å². The quantitative estimate of drug-likeness (QED) is 0.307. The van der Waals surface area contributed by atoms with Crippen LogP contribution in [-0.2, 0) is 9.53 Å². The molecular formula is C32H31N7O5S. The highest BCUT2D eigenvalue weighted by Crippen LogP contribution is 2.51. The monoisotopic (exact) mass is 625 g/mol. The summed E-state index contributed by atoms with van der Waals surface area (Å²) >= 11 is 1.04. The highest BCUT2D eigenvalue weighted by Gasteiger charge is 2.45. The number of rotatable bonds is 7. The van der Waals surface area contributed by atoms with E-state index in [1.165, 1.54) is 0 Å². The van der Waals surface area contributed by atoms with Crippen LogP contribution in [0.3, 0.4) is 0 Å². The molecule has 13 heteroatoms. The van der Waals surface area contributed by atoms with Crippen LogP contribution >= 0.6 is 11.3 Å². The number of carbonyl (C=O) groups excluding carboxylic acids is 3. The molecule has 230 valence electrons. The Hall–Kier alpha value is -4.75. The van der Waals surface area contributed by atoms with Crippen molar-refractivity contribution in [2.75, 3.05) is 31.6 Å². The third-order valence-electron chi connectivity index (χ3n) is 8.29. The van der Waals surface area contributed by atoms with Gasteiger partial charge in [0.05, 0.1) is 24.3 Å². The minimum Gasteiger partial charge on any atom is -0.420 e. The van der Waals surface area contributed by atoms with Gasteiger partial charge in [-0.3, -0.25) is 14.4 Å². The molecule has 5 heterocycles. The largest absolute Gasteiger partial charge is 0.420 e. The minimum absolute atomic E-state index is 0.0242. The van der Waals surface area contributed by atoms with Crippen LogP contribution in [0.2, 0.25) is 0 Å². The number of amides is 3. The van der Waals surface area contributed by atoms with Crippen molar-refractivity contribution in [1.29, 1.82) is 0 Å². The lowest BCUT2D eigenvalue weighted by Crippen LogP contribution is -2.40. The molecule has 1 aromatic carbocycles. The average molecular weight is 626 g/mol. The second-order valence-electron chi connectivity index (χ2n) is 11.8. The molecule has 0 radical (unpaired) electrons. The van der Waals surface area contributed by atoms with Crippen LogP contribution in [0, 0.1) is 5.41 Å². The Morgan fingerprint density at radius 2 is 1.71 bits per heavy atom. The molecule has 1 unspecified atom stereocenters. The molecule has 3 aromatic heterocycles. The Morgan fingerprint density at radius 3 is 2.47 bits per heavy atom. The number of ether oxygens (including phenoxy) is 2. The standard InChI is InChI=1S/C32H31N7O5S/c1-32(2,30(42)36-31-38-37-28(45-31)25(40)34-20-9-10-20)24-21-4-3-13-33-26(21)44-27-22(24)11-12-23(35-27)18-5-7-19(8-6-18)29(41)39-14-16-43-17-15-39/h3-8,11-13,20,24H,9-10,14-17H2,1-2H3,(H,34,40)(H,36,38,42). The molecule has 2 N–H and O–H groups in total. The third kappa shape index (κ3) is 5.76. The van der Waals surface area contributed by atoms with E-state index in [2.05, 4.69) is 25.8 Å². The van der Waals surface area contributed by atoms with Crippen LogP contribution in [0.25, 0.3) is 11.3 Å². The highest BCUT2D eigenvalue weighted by atomic mass is 32.1. The SMILES string of the molecule is CC(C)(C(=O)Nc1nnc(C(=O)NC2CC2)s1)C1c2cccnc2Oc2nc(-c3ccc(C(=O)N4CCOCC4)cc3)ccc21. The van der Waals surface area contributed by atoms with Crippen molar-refractivity contribution in [3.8, 4) is 23.0 Å². The van der Waals surface area contributed by atoms with Crippen molar-refractivity contribution in [1.82, 2.24) is 30.4 Å². The van der Waals surface area contributed by atoms with E-state index < -0.39 is 11.3 Å². The molecule has 7 rings (SSSR count). The van der Waals surface area contributed by atoms with Crippen LogP contribution in [0.15, 0.2) is 54.7 Å². The molecule has 45 heavy (non-hydrogen) atoms. The molecule has 4 aromatic rings. The molecule has 1 aliphatic carbocycles. The van der Waals surface area contributed by atoms with Crippen molar-refractivity contribution in [3.05, 3.63) is 76.4 Å². The maximum atomic E-state index is 13.8. The minimum atomic E-state index is -1.01. The first-order valence-electron chi connectivity index (χ1n) is 14.8. The number of pyridine rings is 2. The normalized spacial score (nSPS) is 17.5. The average Bonchev–Trinajstić information content (AvgIpc) is 3.76. The first-order valence-corrected chi connectivity index (χ1v) is 15.7. The fourth-order valence-corrected chi connectivity index (χ4v) is 6.26. The highest BCUT2D eigenvalue weighted by molar-refractivity contribution is 7.17. The van der Waals surface area contributed by atoms with Gasteiger partial charge in [-0.15, -0.1) is 10.2 Å². The van der Waals surface area contributed by atoms with Gasteiger partial charge in [0.25, 0.3) is 11.8 Å². The summed E-state index contributed by atoms with van der Waals surface area (Å²) in [4.78, 5) is 50.2. The van der Waals surface area contributed by atoms with Gasteiger partial charge in [-0.2, -0.15) is 0 Å². The van der Waals surface area contributed by atoms with Crippen LogP contribution < -0.4 is 15.4 Å². The van der Waals surface area contributed by atoms with E-state index in [9.17, 15) is 14.4 Å². The van der Waals surface area contributed by atoms with Gasteiger partial charge in [0.1, 0.15) is 0 Å². The second kappa shape index (κ2) is 11.6. The van der Waals surface area contributed by atoms with Crippen molar-refractivity contribution in [3.63, 3.8) is 0 Å². The molecule has 1 saturated heterocycles. The van der Waals surface area contributed by atoms with Crippen LogP contribution in [0.1, 0.15) is 63.9 Å². The summed E-state index contributed by atoms with van der Waals surface area (Å²) in [6, 6.07) is 15.1. The van der Waals surface area contributed by atoms with E-state index in [1.807, 2.05) is 50.2 Å². The predicted molar refractivity (Wildman–Crippen MR) is 165 cm³/mol. The van der Waals surface area contributed by atoms with Crippen LogP contribution in [-0.4, -0.2) is 75.1 Å². The van der Waals surface area contributed by atoms with E-state index in [-0.39, 0.29) is 33.9 Å². The molecular weight excluding hydrogens is 594 g/mol. The first-order chi connectivity index (χ1) is 21.8. The fraction of sp³-hybridized carbons (Fsp3) is 0.344. The van der Waals surface area contributed by atoms with Gasteiger partial charge in [0.2, 0.25) is 27.8 Å². The maximum Gasteiger partial charge on any atom is 0.282 e. The Balaban J connectivity index is 1.14. The molecule has 2 aliphatic heterocycles. The fourth-order valence-electron chi connectivity index (χ4n) is 5.62. The van der Waals surface area contributed by atoms with Gasteiger partial charge in [-0.1, -0.05) is 49.4 Å². The summed E-state index contributed by atoms with van der Waals surface area (Å²) in [6.07, 6.45) is 3.56. The van der Waals surface area contributed by atoms with Crippen molar-refractivity contribution in [2.45, 2.75) is 38.6 Å². The molecule has 3 amide bonds. The summed E-state index contributed by atoms with van der Waals surface area (Å²) in [5.74, 6) is -0.331. The Bertz CT molecular complexity index is 1780. The zero-order chi connectivity index (χ0) is 31.1. The number of aromatic nitrogens is 4. The zero-order valence-electron chi connectivity index (χ0n) is 24.8. The summed E-state index contributed by atoms with van der Waals surface area (Å²) < 4.78 is 11.5. The van der Waals surface area contributed by atoms with Gasteiger partial charge in [-0.05, 0) is 37.1 Å². The molecule has 0 spiro atoms. The maximum absolute atomic E-state index is 13.8. The van der Waals surface area contributed by atoms with Gasteiger partial charge < -0.3 is 25.0 Å². The number of anilines is 1. The number of nitrogens with zero attached hydrogens (tertiary/aromatic N) is 5. The van der Waals surface area contributed by atoms with E-state index in [0.717, 1.165) is 40.9 Å². The number of benzene rings is 1. The van der Waals surface area contributed by atoms with Gasteiger partial charge in [-0.25, -0.2) is 9.97 Å². The Kier molecular flexibility index (Phi) is 7.50. The lowest BCUT2D eigenvalue weighted by atomic mass is 9.70. The number of carbonyl (C=O) groups is 3.